The van der Waals surface area contributed by atoms with Gasteiger partial charge >= 0.3 is 0 Å². The zero-order chi connectivity index (χ0) is 12.6. The van der Waals surface area contributed by atoms with Crippen molar-refractivity contribution in [2.75, 3.05) is 11.4 Å². The van der Waals surface area contributed by atoms with Crippen molar-refractivity contribution in [1.82, 2.24) is 15.1 Å². The predicted molar refractivity (Wildman–Crippen MR) is 62.3 cm³/mol. The smallest absolute Gasteiger partial charge is 0.247 e. The third-order valence-electron chi connectivity index (χ3n) is 2.83. The molecule has 1 atom stereocenters. The topological polar surface area (TPSA) is 67.2 Å². The van der Waals surface area contributed by atoms with Crippen molar-refractivity contribution < 1.29 is 9.59 Å². The molecule has 17 heavy (non-hydrogen) atoms. The maximum Gasteiger partial charge on any atom is 0.247 e. The van der Waals surface area contributed by atoms with E-state index < -0.39 is 6.04 Å². The van der Waals surface area contributed by atoms with E-state index in [1.807, 2.05) is 13.8 Å². The summed E-state index contributed by atoms with van der Waals surface area (Å²) in [7, 11) is 1.78. The molecule has 0 bridgehead atoms. The van der Waals surface area contributed by atoms with Crippen molar-refractivity contribution in [3.05, 3.63) is 12.4 Å². The molecular formula is C11H16N4O2. The van der Waals surface area contributed by atoms with E-state index in [2.05, 4.69) is 10.4 Å². The van der Waals surface area contributed by atoms with Crippen molar-refractivity contribution >= 4 is 17.5 Å². The Hall–Kier alpha value is -1.85. The summed E-state index contributed by atoms with van der Waals surface area (Å²) in [6.45, 7) is 3.90. The van der Waals surface area contributed by atoms with E-state index in [1.165, 1.54) is 4.90 Å². The van der Waals surface area contributed by atoms with E-state index in [-0.39, 0.29) is 24.3 Å². The molecule has 0 saturated carbocycles. The summed E-state index contributed by atoms with van der Waals surface area (Å²) >= 11 is 0. The van der Waals surface area contributed by atoms with E-state index in [9.17, 15) is 9.59 Å². The van der Waals surface area contributed by atoms with E-state index in [1.54, 1.807) is 24.1 Å². The highest BCUT2D eigenvalue weighted by Crippen LogP contribution is 2.22. The van der Waals surface area contributed by atoms with E-state index >= 15 is 0 Å². The minimum atomic E-state index is -0.458. The van der Waals surface area contributed by atoms with Gasteiger partial charge in [0.25, 0.3) is 0 Å². The molecule has 0 spiro atoms. The largest absolute Gasteiger partial charge is 0.345 e. The fourth-order valence-electron chi connectivity index (χ4n) is 2.06. The van der Waals surface area contributed by atoms with Gasteiger partial charge in [0.2, 0.25) is 11.8 Å². The molecule has 1 fully saturated rings. The molecule has 1 aliphatic rings. The Labute approximate surface area is 99.6 Å². The number of hydrogen-bond donors (Lipinski definition) is 1. The Morgan fingerprint density at radius 1 is 1.47 bits per heavy atom. The first-order valence-corrected chi connectivity index (χ1v) is 5.59. The van der Waals surface area contributed by atoms with Gasteiger partial charge in [-0.1, -0.05) is 13.8 Å². The van der Waals surface area contributed by atoms with Gasteiger partial charge < -0.3 is 5.32 Å². The summed E-state index contributed by atoms with van der Waals surface area (Å²) < 4.78 is 1.62. The average Bonchev–Trinajstić information content (AvgIpc) is 2.67. The predicted octanol–water partition coefficient (Wildman–Crippen LogP) is -0.0925. The quantitative estimate of drug-likeness (QED) is 0.780. The summed E-state index contributed by atoms with van der Waals surface area (Å²) in [5.41, 5.74) is 0.672. The summed E-state index contributed by atoms with van der Waals surface area (Å²) in [6, 6.07) is -0.458. The molecule has 1 aromatic heterocycles. The fraction of sp³-hybridized carbons (Fsp3) is 0.545. The van der Waals surface area contributed by atoms with Gasteiger partial charge in [0.15, 0.2) is 0 Å². The lowest BCUT2D eigenvalue weighted by Gasteiger charge is -2.36. The van der Waals surface area contributed by atoms with Gasteiger partial charge in [0.1, 0.15) is 6.04 Å². The standard InChI is InChI=1S/C11H16N4O2/c1-7(2)10-11(17)12-5-9(16)15(10)8-4-13-14(3)6-8/h4,6-7,10H,5H2,1-3H3,(H,12,17). The van der Waals surface area contributed by atoms with E-state index in [0.29, 0.717) is 5.69 Å². The number of piperazine rings is 1. The van der Waals surface area contributed by atoms with Gasteiger partial charge in [-0.25, -0.2) is 0 Å². The number of amides is 2. The second-order valence-electron chi connectivity index (χ2n) is 4.54. The maximum absolute atomic E-state index is 11.9. The molecule has 0 aliphatic carbocycles. The van der Waals surface area contributed by atoms with Crippen LogP contribution >= 0.6 is 0 Å². The molecule has 0 aromatic carbocycles. The molecule has 92 valence electrons. The normalized spacial score (nSPS) is 20.9. The van der Waals surface area contributed by atoms with Crippen LogP contribution in [0.4, 0.5) is 5.69 Å². The molecular weight excluding hydrogens is 220 g/mol. The van der Waals surface area contributed by atoms with Crippen LogP contribution in [0, 0.1) is 5.92 Å². The highest BCUT2D eigenvalue weighted by atomic mass is 16.2. The highest BCUT2D eigenvalue weighted by Gasteiger charge is 2.37. The zero-order valence-corrected chi connectivity index (χ0v) is 10.2. The Bertz CT molecular complexity index is 452. The molecule has 1 unspecified atom stereocenters. The molecule has 1 aromatic rings. The summed E-state index contributed by atoms with van der Waals surface area (Å²) in [5.74, 6) is -0.154. The van der Waals surface area contributed by atoms with Gasteiger partial charge in [0, 0.05) is 13.2 Å². The third kappa shape index (κ3) is 2.02. The van der Waals surface area contributed by atoms with Crippen LogP contribution in [0.15, 0.2) is 12.4 Å². The molecule has 1 saturated heterocycles. The maximum atomic E-state index is 11.9. The van der Waals surface area contributed by atoms with Gasteiger partial charge in [-0.05, 0) is 5.92 Å². The molecule has 0 radical (unpaired) electrons. The number of carbonyl (C=O) groups excluding carboxylic acids is 2. The number of aryl methyl sites for hydroxylation is 1. The van der Waals surface area contributed by atoms with Crippen LogP contribution < -0.4 is 10.2 Å². The Morgan fingerprint density at radius 3 is 2.71 bits per heavy atom. The van der Waals surface area contributed by atoms with Gasteiger partial charge in [-0.3, -0.25) is 19.2 Å². The Kier molecular flexibility index (Phi) is 2.87. The second-order valence-corrected chi connectivity index (χ2v) is 4.54. The van der Waals surface area contributed by atoms with Crippen molar-refractivity contribution in [2.45, 2.75) is 19.9 Å². The van der Waals surface area contributed by atoms with Crippen molar-refractivity contribution in [3.63, 3.8) is 0 Å². The van der Waals surface area contributed by atoms with Crippen LogP contribution in [-0.2, 0) is 16.6 Å². The molecule has 1 aliphatic heterocycles. The van der Waals surface area contributed by atoms with Crippen LogP contribution in [0.5, 0.6) is 0 Å². The Balaban J connectivity index is 2.38. The minimum Gasteiger partial charge on any atom is -0.345 e. The SMILES string of the molecule is CC(C)C1C(=O)NCC(=O)N1c1cnn(C)c1. The lowest BCUT2D eigenvalue weighted by atomic mass is 9.99. The lowest BCUT2D eigenvalue weighted by Crippen LogP contribution is -2.60. The van der Waals surface area contributed by atoms with Gasteiger partial charge in [-0.2, -0.15) is 5.10 Å². The second kappa shape index (κ2) is 4.20. The Morgan fingerprint density at radius 2 is 2.18 bits per heavy atom. The van der Waals surface area contributed by atoms with Crippen LogP contribution in [0.1, 0.15) is 13.8 Å². The first-order valence-electron chi connectivity index (χ1n) is 5.59. The summed E-state index contributed by atoms with van der Waals surface area (Å²) in [5, 5.41) is 6.65. The number of hydrogen-bond acceptors (Lipinski definition) is 3. The molecule has 2 amide bonds. The van der Waals surface area contributed by atoms with Crippen LogP contribution in [0.25, 0.3) is 0 Å². The van der Waals surface area contributed by atoms with Crippen molar-refractivity contribution in [2.24, 2.45) is 13.0 Å². The molecule has 1 N–H and O–H groups in total. The van der Waals surface area contributed by atoms with Gasteiger partial charge in [0.05, 0.1) is 18.4 Å². The van der Waals surface area contributed by atoms with Crippen molar-refractivity contribution in [1.29, 1.82) is 0 Å². The first-order chi connectivity index (χ1) is 8.00. The number of anilines is 1. The van der Waals surface area contributed by atoms with Crippen LogP contribution in [0.3, 0.4) is 0 Å². The minimum absolute atomic E-state index is 0.0525. The van der Waals surface area contributed by atoms with E-state index in [4.69, 9.17) is 0 Å². The molecule has 2 rings (SSSR count). The highest BCUT2D eigenvalue weighted by molar-refractivity contribution is 6.06. The number of rotatable bonds is 2. The first kappa shape index (κ1) is 11.6. The summed E-state index contributed by atoms with van der Waals surface area (Å²) in [6.07, 6.45) is 3.34. The summed E-state index contributed by atoms with van der Waals surface area (Å²) in [4.78, 5) is 25.3. The fourth-order valence-corrected chi connectivity index (χ4v) is 2.06. The van der Waals surface area contributed by atoms with Crippen LogP contribution in [-0.4, -0.2) is 34.2 Å². The average molecular weight is 236 g/mol. The number of nitrogens with one attached hydrogen (secondary N) is 1. The molecule has 6 heteroatoms. The van der Waals surface area contributed by atoms with E-state index in [0.717, 1.165) is 0 Å². The zero-order valence-electron chi connectivity index (χ0n) is 10.2. The monoisotopic (exact) mass is 236 g/mol. The van der Waals surface area contributed by atoms with Gasteiger partial charge in [-0.15, -0.1) is 0 Å². The third-order valence-corrected chi connectivity index (χ3v) is 2.83. The number of carbonyl (C=O) groups is 2. The van der Waals surface area contributed by atoms with Crippen LogP contribution in [0.2, 0.25) is 0 Å². The number of nitrogens with zero attached hydrogens (tertiary/aromatic N) is 3. The molecule has 2 heterocycles. The molecule has 6 nitrogen and oxygen atoms in total. The number of aromatic nitrogens is 2. The lowest BCUT2D eigenvalue weighted by molar-refractivity contribution is -0.131. The van der Waals surface area contributed by atoms with Crippen molar-refractivity contribution in [3.8, 4) is 0 Å².